The molecule has 1 aliphatic rings. The molecule has 3 aromatic heterocycles. The molecule has 1 saturated heterocycles. The Bertz CT molecular complexity index is 896. The Morgan fingerprint density at radius 1 is 1.33 bits per heavy atom. The van der Waals surface area contributed by atoms with E-state index in [1.54, 1.807) is 16.8 Å². The summed E-state index contributed by atoms with van der Waals surface area (Å²) in [6.45, 7) is 6.64. The molecule has 0 aliphatic carbocycles. The van der Waals surface area contributed by atoms with Crippen LogP contribution in [-0.4, -0.2) is 53.3 Å². The van der Waals surface area contributed by atoms with E-state index in [4.69, 9.17) is 0 Å². The number of hydrogen-bond donors (Lipinski definition) is 0. The van der Waals surface area contributed by atoms with Crippen molar-refractivity contribution in [2.24, 2.45) is 11.8 Å². The van der Waals surface area contributed by atoms with E-state index in [2.05, 4.69) is 34.1 Å². The van der Waals surface area contributed by atoms with Crippen molar-refractivity contribution < 1.29 is 4.79 Å². The molecule has 4 rings (SSSR count). The summed E-state index contributed by atoms with van der Waals surface area (Å²) in [5.74, 6) is 1.48. The molecule has 0 radical (unpaired) electrons. The molecular formula is C19H25N7O. The number of likely N-dealkylation sites (tertiary alicyclic amines) is 1. The fourth-order valence-corrected chi connectivity index (χ4v) is 3.70. The Balaban J connectivity index is 1.41. The van der Waals surface area contributed by atoms with Crippen molar-refractivity contribution in [3.8, 4) is 0 Å². The summed E-state index contributed by atoms with van der Waals surface area (Å²) >= 11 is 0. The topological polar surface area (TPSA) is 81.2 Å². The number of carbonyl (C=O) groups is 1. The second-order valence-electron chi connectivity index (χ2n) is 7.74. The number of fused-ring (bicyclic) bond motifs is 1. The van der Waals surface area contributed by atoms with Gasteiger partial charge in [0.25, 0.3) is 5.91 Å². The van der Waals surface area contributed by atoms with Crippen LogP contribution < -0.4 is 0 Å². The zero-order valence-electron chi connectivity index (χ0n) is 15.8. The number of imidazole rings is 1. The van der Waals surface area contributed by atoms with Gasteiger partial charge >= 0.3 is 0 Å². The zero-order chi connectivity index (χ0) is 18.8. The predicted molar refractivity (Wildman–Crippen MR) is 100 cm³/mol. The van der Waals surface area contributed by atoms with Crippen LogP contribution in [0.5, 0.6) is 0 Å². The molecule has 27 heavy (non-hydrogen) atoms. The number of carbonyl (C=O) groups excluding carboxylic acids is 1. The van der Waals surface area contributed by atoms with Gasteiger partial charge in [0.05, 0.1) is 5.69 Å². The molecule has 1 fully saturated rings. The number of nitrogens with zero attached hydrogens (tertiary/aromatic N) is 7. The van der Waals surface area contributed by atoms with Crippen LogP contribution in [0.2, 0.25) is 0 Å². The van der Waals surface area contributed by atoms with E-state index >= 15 is 0 Å². The lowest BCUT2D eigenvalue weighted by atomic mass is 9.98. The maximum absolute atomic E-state index is 12.9. The van der Waals surface area contributed by atoms with Gasteiger partial charge in [0.1, 0.15) is 5.69 Å². The Morgan fingerprint density at radius 3 is 3.04 bits per heavy atom. The first-order valence-corrected chi connectivity index (χ1v) is 9.56. The minimum absolute atomic E-state index is 0.0238. The van der Waals surface area contributed by atoms with Gasteiger partial charge in [-0.3, -0.25) is 13.9 Å². The molecule has 0 saturated carbocycles. The van der Waals surface area contributed by atoms with Crippen LogP contribution >= 0.6 is 0 Å². The van der Waals surface area contributed by atoms with Crippen molar-refractivity contribution in [1.29, 1.82) is 0 Å². The largest absolute Gasteiger partial charge is 0.337 e. The van der Waals surface area contributed by atoms with E-state index in [1.165, 1.54) is 0 Å². The third-order valence-electron chi connectivity index (χ3n) is 4.91. The number of amides is 1. The average Bonchev–Trinajstić information content (AvgIpc) is 3.27. The number of piperidine rings is 1. The summed E-state index contributed by atoms with van der Waals surface area (Å²) in [7, 11) is 0. The molecule has 1 atom stereocenters. The van der Waals surface area contributed by atoms with Crippen LogP contribution in [0.25, 0.3) is 5.78 Å². The van der Waals surface area contributed by atoms with Gasteiger partial charge in [0, 0.05) is 44.4 Å². The highest BCUT2D eigenvalue weighted by Crippen LogP contribution is 2.20. The van der Waals surface area contributed by atoms with E-state index in [0.717, 1.165) is 44.6 Å². The van der Waals surface area contributed by atoms with Crippen LogP contribution in [0.3, 0.4) is 0 Å². The molecule has 1 aliphatic heterocycles. The lowest BCUT2D eigenvalue weighted by molar-refractivity contribution is 0.0654. The molecule has 3 aromatic rings. The average molecular weight is 367 g/mol. The van der Waals surface area contributed by atoms with E-state index in [9.17, 15) is 4.79 Å². The summed E-state index contributed by atoms with van der Waals surface area (Å²) in [5.41, 5.74) is 1.49. The predicted octanol–water partition coefficient (Wildman–Crippen LogP) is 2.07. The van der Waals surface area contributed by atoms with E-state index in [0.29, 0.717) is 23.3 Å². The van der Waals surface area contributed by atoms with Crippen LogP contribution in [0.15, 0.2) is 30.9 Å². The van der Waals surface area contributed by atoms with Crippen molar-refractivity contribution >= 4 is 11.7 Å². The maximum Gasteiger partial charge on any atom is 0.274 e. The lowest BCUT2D eigenvalue weighted by Gasteiger charge is -2.32. The second kappa shape index (κ2) is 7.46. The summed E-state index contributed by atoms with van der Waals surface area (Å²) in [6.07, 6.45) is 10.4. The smallest absolute Gasteiger partial charge is 0.274 e. The molecule has 0 aromatic carbocycles. The fourth-order valence-electron chi connectivity index (χ4n) is 3.70. The third-order valence-corrected chi connectivity index (χ3v) is 4.91. The SMILES string of the molecule is CC(C)Cc1cn(CC2CCCN(C(=O)c3cn4cccnc4n3)C2)nn1. The van der Waals surface area contributed by atoms with Crippen LogP contribution in [0.4, 0.5) is 0 Å². The van der Waals surface area contributed by atoms with Gasteiger partial charge < -0.3 is 4.90 Å². The van der Waals surface area contributed by atoms with Gasteiger partial charge in [-0.05, 0) is 37.2 Å². The molecule has 0 N–H and O–H groups in total. The third kappa shape index (κ3) is 3.99. The van der Waals surface area contributed by atoms with Crippen molar-refractivity contribution in [3.05, 3.63) is 42.2 Å². The van der Waals surface area contributed by atoms with Gasteiger partial charge in [-0.2, -0.15) is 0 Å². The minimum atomic E-state index is -0.0238. The number of hydrogen-bond acceptors (Lipinski definition) is 5. The molecule has 8 heteroatoms. The van der Waals surface area contributed by atoms with Crippen LogP contribution in [0, 0.1) is 11.8 Å². The monoisotopic (exact) mass is 367 g/mol. The summed E-state index contributed by atoms with van der Waals surface area (Å²) in [5, 5.41) is 8.52. The molecular weight excluding hydrogens is 342 g/mol. The Kier molecular flexibility index (Phi) is 4.87. The van der Waals surface area contributed by atoms with E-state index < -0.39 is 0 Å². The first kappa shape index (κ1) is 17.6. The molecule has 1 amide bonds. The molecule has 0 bridgehead atoms. The minimum Gasteiger partial charge on any atom is -0.337 e. The highest BCUT2D eigenvalue weighted by Gasteiger charge is 2.26. The Hall–Kier alpha value is -2.77. The molecule has 1 unspecified atom stereocenters. The van der Waals surface area contributed by atoms with Crippen molar-refractivity contribution in [2.45, 2.75) is 39.7 Å². The highest BCUT2D eigenvalue weighted by atomic mass is 16.2. The lowest BCUT2D eigenvalue weighted by Crippen LogP contribution is -2.41. The maximum atomic E-state index is 12.9. The molecule has 142 valence electrons. The summed E-state index contributed by atoms with van der Waals surface area (Å²) in [6, 6.07) is 1.82. The first-order valence-electron chi connectivity index (χ1n) is 9.56. The second-order valence-corrected chi connectivity index (χ2v) is 7.74. The fraction of sp³-hybridized carbons (Fsp3) is 0.526. The Morgan fingerprint density at radius 2 is 2.22 bits per heavy atom. The zero-order valence-corrected chi connectivity index (χ0v) is 15.8. The van der Waals surface area contributed by atoms with Crippen LogP contribution in [-0.2, 0) is 13.0 Å². The molecule has 8 nitrogen and oxygen atoms in total. The van der Waals surface area contributed by atoms with Crippen LogP contribution in [0.1, 0.15) is 42.9 Å². The summed E-state index contributed by atoms with van der Waals surface area (Å²) < 4.78 is 3.70. The van der Waals surface area contributed by atoms with Gasteiger partial charge in [0.2, 0.25) is 5.78 Å². The molecule has 0 spiro atoms. The van der Waals surface area contributed by atoms with Gasteiger partial charge in [0.15, 0.2) is 0 Å². The standard InChI is InChI=1S/C19H25N7O/c1-14(2)9-16-12-26(23-22-16)11-15-5-3-7-24(10-15)18(27)17-13-25-8-4-6-20-19(25)21-17/h4,6,8,12-15H,3,5,7,9-11H2,1-2H3. The van der Waals surface area contributed by atoms with E-state index in [1.807, 2.05) is 28.0 Å². The van der Waals surface area contributed by atoms with Crippen molar-refractivity contribution in [3.63, 3.8) is 0 Å². The quantitative estimate of drug-likeness (QED) is 0.690. The van der Waals surface area contributed by atoms with E-state index in [-0.39, 0.29) is 5.91 Å². The van der Waals surface area contributed by atoms with Crippen molar-refractivity contribution in [1.82, 2.24) is 34.3 Å². The van der Waals surface area contributed by atoms with Gasteiger partial charge in [-0.25, -0.2) is 9.97 Å². The normalized spacial score (nSPS) is 17.7. The number of rotatable bonds is 5. The van der Waals surface area contributed by atoms with Gasteiger partial charge in [-0.15, -0.1) is 5.10 Å². The molecule has 4 heterocycles. The van der Waals surface area contributed by atoms with Gasteiger partial charge in [-0.1, -0.05) is 19.1 Å². The van der Waals surface area contributed by atoms with Crippen molar-refractivity contribution in [2.75, 3.05) is 13.1 Å². The first-order chi connectivity index (χ1) is 13.1. The Labute approximate surface area is 158 Å². The summed E-state index contributed by atoms with van der Waals surface area (Å²) in [4.78, 5) is 23.3. The highest BCUT2D eigenvalue weighted by molar-refractivity contribution is 5.92. The number of aromatic nitrogens is 6.